The highest BCUT2D eigenvalue weighted by molar-refractivity contribution is 7.99. The van der Waals surface area contributed by atoms with Gasteiger partial charge in [-0.05, 0) is 68.6 Å². The van der Waals surface area contributed by atoms with Crippen molar-refractivity contribution in [2.45, 2.75) is 71.5 Å². The quantitative estimate of drug-likeness (QED) is 0.376. The van der Waals surface area contributed by atoms with Crippen molar-refractivity contribution in [1.29, 1.82) is 0 Å². The first kappa shape index (κ1) is 19.1. The molecule has 1 rings (SSSR count). The summed E-state index contributed by atoms with van der Waals surface area (Å²) >= 11 is 2.05. The van der Waals surface area contributed by atoms with E-state index >= 15 is 0 Å². The van der Waals surface area contributed by atoms with Crippen molar-refractivity contribution in [3.05, 3.63) is 12.2 Å². The SMILES string of the molecule is C=C(CC)CC(C)C[C@@](C)(CC)CNCCC1CC1SC. The van der Waals surface area contributed by atoms with Crippen LogP contribution >= 0.6 is 11.8 Å². The summed E-state index contributed by atoms with van der Waals surface area (Å²) in [7, 11) is 0. The molecule has 1 fully saturated rings. The Labute approximate surface area is 137 Å². The average molecular weight is 312 g/mol. The second-order valence-electron chi connectivity index (χ2n) is 7.52. The van der Waals surface area contributed by atoms with E-state index in [0.29, 0.717) is 5.41 Å². The van der Waals surface area contributed by atoms with Crippen LogP contribution in [0, 0.1) is 17.3 Å². The highest BCUT2D eigenvalue weighted by atomic mass is 32.2. The first-order chi connectivity index (χ1) is 9.94. The van der Waals surface area contributed by atoms with Crippen LogP contribution in [0.4, 0.5) is 0 Å². The van der Waals surface area contributed by atoms with Crippen molar-refractivity contribution in [2.75, 3.05) is 19.3 Å². The van der Waals surface area contributed by atoms with E-state index in [2.05, 4.69) is 45.8 Å². The Morgan fingerprint density at radius 3 is 2.67 bits per heavy atom. The van der Waals surface area contributed by atoms with Gasteiger partial charge in [0.15, 0.2) is 0 Å². The second kappa shape index (κ2) is 9.25. The summed E-state index contributed by atoms with van der Waals surface area (Å²) in [6.45, 7) is 15.9. The maximum Gasteiger partial charge on any atom is 0.00764 e. The summed E-state index contributed by atoms with van der Waals surface area (Å²) in [4.78, 5) is 0. The van der Waals surface area contributed by atoms with Crippen LogP contribution in [0.15, 0.2) is 12.2 Å². The number of thioether (sulfide) groups is 1. The second-order valence-corrected chi connectivity index (χ2v) is 8.59. The third kappa shape index (κ3) is 7.23. The smallest absolute Gasteiger partial charge is 0.00764 e. The van der Waals surface area contributed by atoms with E-state index in [1.165, 1.54) is 50.8 Å². The fourth-order valence-electron chi connectivity index (χ4n) is 3.38. The topological polar surface area (TPSA) is 12.0 Å². The summed E-state index contributed by atoms with van der Waals surface area (Å²) < 4.78 is 0. The Hall–Kier alpha value is 0.0500. The lowest BCUT2D eigenvalue weighted by atomic mass is 9.77. The molecule has 0 aliphatic heterocycles. The predicted octanol–water partition coefficient (Wildman–Crippen LogP) is 5.52. The van der Waals surface area contributed by atoms with E-state index in [-0.39, 0.29) is 0 Å². The van der Waals surface area contributed by atoms with Crippen LogP contribution in [0.1, 0.15) is 66.2 Å². The first-order valence-corrected chi connectivity index (χ1v) is 10.1. The molecule has 3 unspecified atom stereocenters. The third-order valence-corrected chi connectivity index (χ3v) is 6.42. The molecule has 1 saturated carbocycles. The number of rotatable bonds is 12. The highest BCUT2D eigenvalue weighted by Gasteiger charge is 2.35. The van der Waals surface area contributed by atoms with Gasteiger partial charge in [-0.25, -0.2) is 0 Å². The zero-order chi connectivity index (χ0) is 15.9. The molecule has 0 spiro atoms. The Morgan fingerprint density at radius 1 is 1.43 bits per heavy atom. The van der Waals surface area contributed by atoms with Crippen molar-refractivity contribution in [3.63, 3.8) is 0 Å². The molecule has 0 aromatic rings. The van der Waals surface area contributed by atoms with Crippen molar-refractivity contribution >= 4 is 11.8 Å². The normalized spacial score (nSPS) is 25.4. The Kier molecular flexibility index (Phi) is 8.41. The minimum absolute atomic E-state index is 0.440. The Bertz CT molecular complexity index is 315. The largest absolute Gasteiger partial charge is 0.316 e. The average Bonchev–Trinajstić information content (AvgIpc) is 3.22. The molecular formula is C19H37NS. The number of hydrogen-bond acceptors (Lipinski definition) is 2. The first-order valence-electron chi connectivity index (χ1n) is 8.84. The van der Waals surface area contributed by atoms with E-state index in [1.54, 1.807) is 0 Å². The molecule has 0 aromatic heterocycles. The fourth-order valence-corrected chi connectivity index (χ4v) is 4.34. The minimum atomic E-state index is 0.440. The maximum absolute atomic E-state index is 4.17. The van der Waals surface area contributed by atoms with Crippen LogP contribution in [-0.2, 0) is 0 Å². The molecule has 21 heavy (non-hydrogen) atoms. The van der Waals surface area contributed by atoms with Crippen LogP contribution in [0.5, 0.6) is 0 Å². The van der Waals surface area contributed by atoms with Gasteiger partial charge in [0.25, 0.3) is 0 Å². The summed E-state index contributed by atoms with van der Waals surface area (Å²) in [5.41, 5.74) is 1.85. The zero-order valence-electron chi connectivity index (χ0n) is 15.0. The Balaban J connectivity index is 2.22. The lowest BCUT2D eigenvalue weighted by Gasteiger charge is -2.32. The van der Waals surface area contributed by atoms with Gasteiger partial charge in [0.1, 0.15) is 0 Å². The zero-order valence-corrected chi connectivity index (χ0v) is 15.8. The fraction of sp³-hybridized carbons (Fsp3) is 0.895. The van der Waals surface area contributed by atoms with Gasteiger partial charge in [-0.1, -0.05) is 39.8 Å². The van der Waals surface area contributed by atoms with Crippen LogP contribution in [0.25, 0.3) is 0 Å². The van der Waals surface area contributed by atoms with Crippen LogP contribution in [-0.4, -0.2) is 24.6 Å². The molecule has 0 heterocycles. The van der Waals surface area contributed by atoms with E-state index < -0.39 is 0 Å². The van der Waals surface area contributed by atoms with Crippen molar-refractivity contribution in [2.24, 2.45) is 17.3 Å². The van der Waals surface area contributed by atoms with Gasteiger partial charge in [-0.15, -0.1) is 0 Å². The molecule has 2 heteroatoms. The van der Waals surface area contributed by atoms with Gasteiger partial charge in [0, 0.05) is 11.8 Å². The maximum atomic E-state index is 4.17. The van der Waals surface area contributed by atoms with Crippen molar-refractivity contribution < 1.29 is 0 Å². The highest BCUT2D eigenvalue weighted by Crippen LogP contribution is 2.42. The van der Waals surface area contributed by atoms with E-state index in [1.807, 2.05) is 11.8 Å². The van der Waals surface area contributed by atoms with Gasteiger partial charge in [-0.3, -0.25) is 0 Å². The molecule has 0 bridgehead atoms. The summed E-state index contributed by atoms with van der Waals surface area (Å²) in [6, 6.07) is 0. The van der Waals surface area contributed by atoms with Crippen LogP contribution < -0.4 is 5.32 Å². The number of hydrogen-bond donors (Lipinski definition) is 1. The lowest BCUT2D eigenvalue weighted by molar-refractivity contribution is 0.226. The predicted molar refractivity (Wildman–Crippen MR) is 99.1 cm³/mol. The molecule has 1 aliphatic rings. The van der Waals surface area contributed by atoms with Gasteiger partial charge in [0.2, 0.25) is 0 Å². The van der Waals surface area contributed by atoms with Crippen LogP contribution in [0.3, 0.4) is 0 Å². The summed E-state index contributed by atoms with van der Waals surface area (Å²) in [5, 5.41) is 4.70. The molecule has 1 aliphatic carbocycles. The molecule has 0 saturated heterocycles. The summed E-state index contributed by atoms with van der Waals surface area (Å²) in [6.07, 6.45) is 9.97. The minimum Gasteiger partial charge on any atom is -0.316 e. The molecule has 4 atom stereocenters. The standard InChI is InChI=1S/C19H37NS/c1-7-15(3)11-16(4)13-19(5,8-2)14-20-10-9-17-12-18(17)21-6/h16-18,20H,3,7-14H2,1-2,4-6H3/t16?,17?,18?,19-/m1/s1. The molecule has 0 amide bonds. The van der Waals surface area contributed by atoms with Gasteiger partial charge < -0.3 is 5.32 Å². The molecule has 1 N–H and O–H groups in total. The van der Waals surface area contributed by atoms with Crippen molar-refractivity contribution in [1.82, 2.24) is 5.32 Å². The molecule has 0 radical (unpaired) electrons. The van der Waals surface area contributed by atoms with E-state index in [4.69, 9.17) is 0 Å². The van der Waals surface area contributed by atoms with E-state index in [0.717, 1.165) is 23.5 Å². The van der Waals surface area contributed by atoms with Gasteiger partial charge in [0.05, 0.1) is 0 Å². The molecule has 0 aromatic carbocycles. The number of nitrogens with one attached hydrogen (secondary N) is 1. The monoisotopic (exact) mass is 311 g/mol. The molecular weight excluding hydrogens is 274 g/mol. The van der Waals surface area contributed by atoms with E-state index in [9.17, 15) is 0 Å². The van der Waals surface area contributed by atoms with Crippen LogP contribution in [0.2, 0.25) is 0 Å². The number of allylic oxidation sites excluding steroid dienone is 1. The molecule has 124 valence electrons. The lowest BCUT2D eigenvalue weighted by Crippen LogP contribution is -2.33. The summed E-state index contributed by atoms with van der Waals surface area (Å²) in [5.74, 6) is 1.75. The Morgan fingerprint density at radius 2 is 2.14 bits per heavy atom. The third-order valence-electron chi connectivity index (χ3n) is 5.24. The van der Waals surface area contributed by atoms with Crippen molar-refractivity contribution in [3.8, 4) is 0 Å². The van der Waals surface area contributed by atoms with Gasteiger partial charge >= 0.3 is 0 Å². The van der Waals surface area contributed by atoms with Gasteiger partial charge in [-0.2, -0.15) is 11.8 Å². The molecule has 1 nitrogen and oxygen atoms in total.